The molecule has 0 unspecified atom stereocenters. The smallest absolute Gasteiger partial charge is 0.272 e. The van der Waals surface area contributed by atoms with Crippen LogP contribution < -0.4 is 5.43 Å². The fraction of sp³-hybridized carbons (Fsp3) is 0.114. The number of nitrogens with one attached hydrogen (secondary N) is 1. The number of nitrogens with zero attached hydrogens (tertiary/aromatic N) is 3. The minimum absolute atomic E-state index is 0.324. The van der Waals surface area contributed by atoms with Gasteiger partial charge in [0, 0.05) is 49.2 Å². The van der Waals surface area contributed by atoms with Crippen LogP contribution in [0.25, 0.3) is 33.1 Å². The quantitative estimate of drug-likeness (QED) is 0.148. The first-order chi connectivity index (χ1) is 20.7. The average molecular weight is 626 g/mol. The van der Waals surface area contributed by atoms with Crippen LogP contribution in [0.4, 0.5) is 0 Å². The minimum atomic E-state index is -0.324. The third-order valence-corrected chi connectivity index (χ3v) is 8.48. The van der Waals surface area contributed by atoms with Crippen LogP contribution in [-0.4, -0.2) is 21.7 Å². The molecule has 2 aromatic heterocycles. The van der Waals surface area contributed by atoms with E-state index < -0.39 is 0 Å². The largest absolute Gasteiger partial charge is 0.340 e. The first kappa shape index (κ1) is 28.9. The molecule has 0 atom stereocenters. The Kier molecular flexibility index (Phi) is 7.97. The molecule has 0 saturated carbocycles. The molecule has 0 saturated heterocycles. The van der Waals surface area contributed by atoms with Crippen molar-refractivity contribution in [3.63, 3.8) is 0 Å². The fourth-order valence-corrected chi connectivity index (χ4v) is 6.03. The number of fused-ring (bicyclic) bond motifs is 2. The van der Waals surface area contributed by atoms with E-state index >= 15 is 0 Å². The van der Waals surface area contributed by atoms with Gasteiger partial charge in [-0.25, -0.2) is 10.4 Å². The SMILES string of the molecule is Cc1ccc2nc(-c3ccc(Cl)cc3)cc(C(=O)N/N=C/c3c(C)n(Cc4ccc(Cl)cc4Cl)c4c(C)cccc34)c2c1. The van der Waals surface area contributed by atoms with Gasteiger partial charge >= 0.3 is 0 Å². The number of aryl methyl sites for hydroxylation is 2. The summed E-state index contributed by atoms with van der Waals surface area (Å²) in [5.41, 5.74) is 11.6. The lowest BCUT2D eigenvalue weighted by atomic mass is 10.0. The first-order valence-electron chi connectivity index (χ1n) is 13.7. The van der Waals surface area contributed by atoms with Gasteiger partial charge in [-0.15, -0.1) is 0 Å². The highest BCUT2D eigenvalue weighted by molar-refractivity contribution is 6.35. The number of halogens is 3. The Morgan fingerprint density at radius 2 is 1.65 bits per heavy atom. The summed E-state index contributed by atoms with van der Waals surface area (Å²) in [6.45, 7) is 6.69. The lowest BCUT2D eigenvalue weighted by Crippen LogP contribution is -2.18. The molecule has 6 rings (SSSR count). The molecule has 6 aromatic rings. The van der Waals surface area contributed by atoms with E-state index in [4.69, 9.17) is 39.8 Å². The normalized spacial score (nSPS) is 11.6. The molecule has 2 heterocycles. The van der Waals surface area contributed by atoms with E-state index in [1.807, 2.05) is 74.5 Å². The number of carbonyl (C=O) groups excluding carboxylic acids is 1. The van der Waals surface area contributed by atoms with Crippen molar-refractivity contribution in [1.29, 1.82) is 0 Å². The van der Waals surface area contributed by atoms with Crippen LogP contribution in [0.2, 0.25) is 15.1 Å². The van der Waals surface area contributed by atoms with Crippen molar-refractivity contribution in [3.8, 4) is 11.3 Å². The van der Waals surface area contributed by atoms with Crippen molar-refractivity contribution < 1.29 is 4.79 Å². The van der Waals surface area contributed by atoms with Crippen molar-refractivity contribution in [2.45, 2.75) is 27.3 Å². The van der Waals surface area contributed by atoms with Gasteiger partial charge < -0.3 is 4.57 Å². The Morgan fingerprint density at radius 3 is 2.42 bits per heavy atom. The molecule has 43 heavy (non-hydrogen) atoms. The van der Waals surface area contributed by atoms with Crippen molar-refractivity contribution in [3.05, 3.63) is 134 Å². The van der Waals surface area contributed by atoms with E-state index in [-0.39, 0.29) is 5.91 Å². The number of carbonyl (C=O) groups is 1. The number of amides is 1. The highest BCUT2D eigenvalue weighted by Crippen LogP contribution is 2.31. The highest BCUT2D eigenvalue weighted by Gasteiger charge is 2.17. The zero-order valence-corrected chi connectivity index (χ0v) is 26.0. The maximum Gasteiger partial charge on any atom is 0.272 e. The second-order valence-corrected chi connectivity index (χ2v) is 11.9. The van der Waals surface area contributed by atoms with Gasteiger partial charge in [-0.05, 0) is 74.4 Å². The molecule has 0 aliphatic rings. The third kappa shape index (κ3) is 5.76. The second-order valence-electron chi connectivity index (χ2n) is 10.6. The fourth-order valence-electron chi connectivity index (χ4n) is 5.44. The lowest BCUT2D eigenvalue weighted by molar-refractivity contribution is 0.0956. The van der Waals surface area contributed by atoms with E-state index in [1.54, 1.807) is 18.3 Å². The van der Waals surface area contributed by atoms with E-state index in [1.165, 1.54) is 0 Å². The molecule has 1 amide bonds. The van der Waals surface area contributed by atoms with E-state index in [0.717, 1.165) is 55.3 Å². The Morgan fingerprint density at radius 1 is 0.884 bits per heavy atom. The Bertz CT molecular complexity index is 2060. The van der Waals surface area contributed by atoms with Crippen LogP contribution in [-0.2, 0) is 6.54 Å². The minimum Gasteiger partial charge on any atom is -0.340 e. The van der Waals surface area contributed by atoms with Gasteiger partial charge in [0.05, 0.1) is 28.5 Å². The van der Waals surface area contributed by atoms with Crippen LogP contribution in [0.15, 0.2) is 90.0 Å². The van der Waals surface area contributed by atoms with Gasteiger partial charge in [-0.3, -0.25) is 4.79 Å². The van der Waals surface area contributed by atoms with Crippen molar-refractivity contribution >= 4 is 68.7 Å². The Balaban J connectivity index is 1.36. The molecule has 214 valence electrons. The number of hydrogen-bond acceptors (Lipinski definition) is 3. The van der Waals surface area contributed by atoms with E-state index in [9.17, 15) is 4.79 Å². The van der Waals surface area contributed by atoms with Gasteiger partial charge in [0.2, 0.25) is 0 Å². The maximum atomic E-state index is 13.6. The van der Waals surface area contributed by atoms with Gasteiger partial charge in [-0.2, -0.15) is 5.10 Å². The zero-order valence-electron chi connectivity index (χ0n) is 23.8. The molecule has 0 aliphatic heterocycles. The lowest BCUT2D eigenvalue weighted by Gasteiger charge is -2.12. The van der Waals surface area contributed by atoms with Crippen molar-refractivity contribution in [2.75, 3.05) is 0 Å². The molecule has 0 bridgehead atoms. The molecule has 8 heteroatoms. The number of hydrogen-bond donors (Lipinski definition) is 1. The molecule has 5 nitrogen and oxygen atoms in total. The number of aromatic nitrogens is 2. The third-order valence-electron chi connectivity index (χ3n) is 7.64. The average Bonchev–Trinajstić information content (AvgIpc) is 3.25. The summed E-state index contributed by atoms with van der Waals surface area (Å²) in [4.78, 5) is 18.4. The molecule has 0 fully saturated rings. The van der Waals surface area contributed by atoms with Crippen LogP contribution in [0, 0.1) is 20.8 Å². The number of rotatable bonds is 6. The number of pyridine rings is 1. The number of hydrazone groups is 1. The standard InChI is InChI=1S/C35H27Cl3N4O/c1-20-7-14-32-28(15-20)29(17-33(40-32)23-8-11-25(36)12-9-23)35(43)41-39-18-30-22(3)42(34-21(2)5-4-6-27(30)34)19-24-10-13-26(37)16-31(24)38/h4-18H,19H2,1-3H3,(H,41,43)/b39-18+. The predicted octanol–water partition coefficient (Wildman–Crippen LogP) is 9.55. The summed E-state index contributed by atoms with van der Waals surface area (Å²) in [5, 5.41) is 8.07. The van der Waals surface area contributed by atoms with E-state index in [0.29, 0.717) is 32.9 Å². The summed E-state index contributed by atoms with van der Waals surface area (Å²) in [7, 11) is 0. The molecule has 0 radical (unpaired) electrons. The van der Waals surface area contributed by atoms with Gasteiger partial charge in [0.1, 0.15) is 0 Å². The molecule has 1 N–H and O–H groups in total. The van der Waals surface area contributed by atoms with Crippen molar-refractivity contribution in [1.82, 2.24) is 15.0 Å². The second kappa shape index (κ2) is 11.8. The van der Waals surface area contributed by atoms with Gasteiger partial charge in [0.15, 0.2) is 0 Å². The summed E-state index contributed by atoms with van der Waals surface area (Å²) in [5.74, 6) is -0.324. The topological polar surface area (TPSA) is 59.3 Å². The van der Waals surface area contributed by atoms with E-state index in [2.05, 4.69) is 34.2 Å². The monoisotopic (exact) mass is 624 g/mol. The molecular formula is C35H27Cl3N4O. The Hall–Kier alpha value is -4.16. The molecular weight excluding hydrogens is 599 g/mol. The molecule has 4 aromatic carbocycles. The number of para-hydroxylation sites is 1. The summed E-state index contributed by atoms with van der Waals surface area (Å²) >= 11 is 18.8. The highest BCUT2D eigenvalue weighted by atomic mass is 35.5. The maximum absolute atomic E-state index is 13.6. The van der Waals surface area contributed by atoms with Crippen LogP contribution in [0.5, 0.6) is 0 Å². The van der Waals surface area contributed by atoms with Crippen LogP contribution in [0.3, 0.4) is 0 Å². The summed E-state index contributed by atoms with van der Waals surface area (Å²) < 4.78 is 2.22. The first-order valence-corrected chi connectivity index (χ1v) is 14.9. The Labute approximate surface area is 264 Å². The van der Waals surface area contributed by atoms with Gasteiger partial charge in [0.25, 0.3) is 5.91 Å². The van der Waals surface area contributed by atoms with Crippen molar-refractivity contribution in [2.24, 2.45) is 5.10 Å². The zero-order chi connectivity index (χ0) is 30.2. The predicted molar refractivity (Wildman–Crippen MR) is 179 cm³/mol. The van der Waals surface area contributed by atoms with Crippen LogP contribution in [0.1, 0.15) is 38.3 Å². The summed E-state index contributed by atoms with van der Waals surface area (Å²) in [6, 6.07) is 26.8. The van der Waals surface area contributed by atoms with Crippen LogP contribution >= 0.6 is 34.8 Å². The number of benzene rings is 4. The molecule has 0 spiro atoms. The molecule has 0 aliphatic carbocycles. The summed E-state index contributed by atoms with van der Waals surface area (Å²) in [6.07, 6.45) is 1.71. The van der Waals surface area contributed by atoms with Gasteiger partial charge in [-0.1, -0.05) is 82.8 Å².